The largest absolute Gasteiger partial charge is 0.497 e. The summed E-state index contributed by atoms with van der Waals surface area (Å²) in [5.74, 6) is 1.51. The lowest BCUT2D eigenvalue weighted by Gasteiger charge is -2.09. The summed E-state index contributed by atoms with van der Waals surface area (Å²) in [6.45, 7) is 2.88. The number of thioether (sulfide) groups is 1. The first-order chi connectivity index (χ1) is 10.2. The Morgan fingerprint density at radius 1 is 1.33 bits per heavy atom. The van der Waals surface area contributed by atoms with Gasteiger partial charge in [-0.15, -0.1) is 0 Å². The van der Waals surface area contributed by atoms with Gasteiger partial charge in [0, 0.05) is 25.0 Å². The Morgan fingerprint density at radius 3 is 2.81 bits per heavy atom. The van der Waals surface area contributed by atoms with Crippen molar-refractivity contribution >= 4 is 17.5 Å². The van der Waals surface area contributed by atoms with E-state index >= 15 is 0 Å². The predicted octanol–water partition coefficient (Wildman–Crippen LogP) is 2.90. The summed E-state index contributed by atoms with van der Waals surface area (Å²) in [4.78, 5) is 16.6. The molecule has 2 aromatic rings. The summed E-state index contributed by atoms with van der Waals surface area (Å²) in [5, 5.41) is 0.846. The number of rotatable bonds is 7. The molecule has 1 aromatic heterocycles. The second-order valence-electron chi connectivity index (χ2n) is 4.27. The van der Waals surface area contributed by atoms with Crippen LogP contribution in [0.25, 0.3) is 0 Å². The van der Waals surface area contributed by atoms with Crippen LogP contribution < -0.4 is 9.47 Å². The Balaban J connectivity index is 2.10. The van der Waals surface area contributed by atoms with Crippen LogP contribution in [0, 0.1) is 0 Å². The van der Waals surface area contributed by atoms with E-state index in [1.54, 1.807) is 38.6 Å². The van der Waals surface area contributed by atoms with Crippen molar-refractivity contribution < 1.29 is 14.3 Å². The molecule has 0 N–H and O–H groups in total. The Labute approximate surface area is 128 Å². The van der Waals surface area contributed by atoms with Crippen LogP contribution in [0.15, 0.2) is 35.7 Å². The minimum absolute atomic E-state index is 0.00477. The standard InChI is InChI=1S/C15H18N2O3S/c1-4-17-8-7-16-15(17)21-10-13(18)12-6-5-11(19-2)9-14(12)20-3/h5-9H,4,10H2,1-3H3. The van der Waals surface area contributed by atoms with Crippen LogP contribution in [0.3, 0.4) is 0 Å². The van der Waals surface area contributed by atoms with Crippen LogP contribution in [0.1, 0.15) is 17.3 Å². The van der Waals surface area contributed by atoms with E-state index in [1.807, 2.05) is 17.7 Å². The zero-order chi connectivity index (χ0) is 15.2. The number of carbonyl (C=O) groups is 1. The number of ether oxygens (including phenoxy) is 2. The molecule has 21 heavy (non-hydrogen) atoms. The average molecular weight is 306 g/mol. The molecule has 6 heteroatoms. The van der Waals surface area contributed by atoms with Crippen molar-refractivity contribution in [2.75, 3.05) is 20.0 Å². The fourth-order valence-electron chi connectivity index (χ4n) is 1.91. The van der Waals surface area contributed by atoms with Crippen molar-refractivity contribution in [1.82, 2.24) is 9.55 Å². The normalized spacial score (nSPS) is 10.4. The average Bonchev–Trinajstić information content (AvgIpc) is 2.99. The molecule has 1 aromatic carbocycles. The van der Waals surface area contributed by atoms with E-state index in [2.05, 4.69) is 4.98 Å². The number of ketones is 1. The number of hydrogen-bond acceptors (Lipinski definition) is 5. The van der Waals surface area contributed by atoms with Gasteiger partial charge in [-0.3, -0.25) is 4.79 Å². The van der Waals surface area contributed by atoms with Gasteiger partial charge in [0.2, 0.25) is 0 Å². The van der Waals surface area contributed by atoms with Crippen molar-refractivity contribution in [3.8, 4) is 11.5 Å². The first kappa shape index (κ1) is 15.4. The number of aromatic nitrogens is 2. The molecule has 0 saturated carbocycles. The molecule has 0 bridgehead atoms. The zero-order valence-corrected chi connectivity index (χ0v) is 13.1. The maximum Gasteiger partial charge on any atom is 0.176 e. The van der Waals surface area contributed by atoms with Crippen LogP contribution in [0.4, 0.5) is 0 Å². The lowest BCUT2D eigenvalue weighted by atomic mass is 10.1. The monoisotopic (exact) mass is 306 g/mol. The van der Waals surface area contributed by atoms with Gasteiger partial charge in [0.05, 0.1) is 25.5 Å². The van der Waals surface area contributed by atoms with Crippen molar-refractivity contribution in [3.05, 3.63) is 36.2 Å². The van der Waals surface area contributed by atoms with Gasteiger partial charge >= 0.3 is 0 Å². The lowest BCUT2D eigenvalue weighted by molar-refractivity contribution is 0.101. The Hall–Kier alpha value is -1.95. The summed E-state index contributed by atoms with van der Waals surface area (Å²) in [5.41, 5.74) is 0.556. The topological polar surface area (TPSA) is 53.4 Å². The maximum atomic E-state index is 12.3. The Morgan fingerprint density at radius 2 is 2.14 bits per heavy atom. The van der Waals surface area contributed by atoms with Crippen LogP contribution in [-0.2, 0) is 6.54 Å². The third-order valence-corrected chi connectivity index (χ3v) is 4.06. The van der Waals surface area contributed by atoms with Crippen LogP contribution in [0.5, 0.6) is 11.5 Å². The van der Waals surface area contributed by atoms with Crippen molar-refractivity contribution in [3.63, 3.8) is 0 Å². The third kappa shape index (κ3) is 3.58. The molecule has 1 heterocycles. The molecule has 0 radical (unpaired) electrons. The van der Waals surface area contributed by atoms with Crippen LogP contribution in [-0.4, -0.2) is 35.3 Å². The van der Waals surface area contributed by atoms with E-state index in [0.29, 0.717) is 22.8 Å². The molecular formula is C15H18N2O3S. The van der Waals surface area contributed by atoms with Crippen molar-refractivity contribution in [1.29, 1.82) is 0 Å². The highest BCUT2D eigenvalue weighted by Gasteiger charge is 2.15. The van der Waals surface area contributed by atoms with Gasteiger partial charge < -0.3 is 14.0 Å². The van der Waals surface area contributed by atoms with Gasteiger partial charge in [-0.1, -0.05) is 11.8 Å². The molecule has 5 nitrogen and oxygen atoms in total. The quantitative estimate of drug-likeness (QED) is 0.581. The van der Waals surface area contributed by atoms with E-state index in [0.717, 1.165) is 11.7 Å². The minimum atomic E-state index is 0.00477. The molecule has 0 aliphatic heterocycles. The number of Topliss-reactive ketones (excluding diaryl/α,β-unsaturated/α-hetero) is 1. The molecule has 0 amide bonds. The van der Waals surface area contributed by atoms with Crippen molar-refractivity contribution in [2.24, 2.45) is 0 Å². The highest BCUT2D eigenvalue weighted by Crippen LogP contribution is 2.26. The first-order valence-corrected chi connectivity index (χ1v) is 7.57. The summed E-state index contributed by atoms with van der Waals surface area (Å²) in [6.07, 6.45) is 3.64. The summed E-state index contributed by atoms with van der Waals surface area (Å²) in [6, 6.07) is 5.20. The van der Waals surface area contributed by atoms with Gasteiger partial charge in [-0.25, -0.2) is 4.98 Å². The first-order valence-electron chi connectivity index (χ1n) is 6.58. The molecule has 0 aliphatic rings. The second kappa shape index (κ2) is 7.17. The lowest BCUT2D eigenvalue weighted by Crippen LogP contribution is -2.06. The van der Waals surface area contributed by atoms with Gasteiger partial charge in [0.25, 0.3) is 0 Å². The zero-order valence-electron chi connectivity index (χ0n) is 12.3. The molecule has 0 saturated heterocycles. The highest BCUT2D eigenvalue weighted by molar-refractivity contribution is 7.99. The number of aryl methyl sites for hydroxylation is 1. The molecular weight excluding hydrogens is 288 g/mol. The van der Waals surface area contributed by atoms with Crippen molar-refractivity contribution in [2.45, 2.75) is 18.6 Å². The fourth-order valence-corrected chi connectivity index (χ4v) is 2.82. The molecule has 0 atom stereocenters. The molecule has 112 valence electrons. The number of hydrogen-bond donors (Lipinski definition) is 0. The number of imidazole rings is 1. The van der Waals surface area contributed by atoms with E-state index < -0.39 is 0 Å². The van der Waals surface area contributed by atoms with Crippen LogP contribution in [0.2, 0.25) is 0 Å². The van der Waals surface area contributed by atoms with E-state index in [1.165, 1.54) is 11.8 Å². The van der Waals surface area contributed by atoms with Gasteiger partial charge in [-0.2, -0.15) is 0 Å². The summed E-state index contributed by atoms with van der Waals surface area (Å²) < 4.78 is 12.4. The van der Waals surface area contributed by atoms with Gasteiger partial charge in [0.1, 0.15) is 11.5 Å². The van der Waals surface area contributed by atoms with E-state index in [4.69, 9.17) is 9.47 Å². The third-order valence-electron chi connectivity index (χ3n) is 3.06. The smallest absolute Gasteiger partial charge is 0.176 e. The molecule has 0 unspecified atom stereocenters. The molecule has 0 aliphatic carbocycles. The SMILES string of the molecule is CCn1ccnc1SCC(=O)c1ccc(OC)cc1OC. The predicted molar refractivity (Wildman–Crippen MR) is 82.5 cm³/mol. The summed E-state index contributed by atoms with van der Waals surface area (Å²) in [7, 11) is 3.12. The maximum absolute atomic E-state index is 12.3. The van der Waals surface area contributed by atoms with E-state index in [9.17, 15) is 4.79 Å². The molecule has 0 fully saturated rings. The summed E-state index contributed by atoms with van der Waals surface area (Å²) >= 11 is 1.43. The Kier molecular flexibility index (Phi) is 5.27. The highest BCUT2D eigenvalue weighted by atomic mass is 32.2. The fraction of sp³-hybridized carbons (Fsp3) is 0.333. The number of nitrogens with zero attached hydrogens (tertiary/aromatic N) is 2. The number of benzene rings is 1. The van der Waals surface area contributed by atoms with Gasteiger partial charge in [-0.05, 0) is 19.1 Å². The molecule has 0 spiro atoms. The van der Waals surface area contributed by atoms with Gasteiger partial charge in [0.15, 0.2) is 10.9 Å². The number of carbonyl (C=O) groups excluding carboxylic acids is 1. The second-order valence-corrected chi connectivity index (χ2v) is 5.22. The van der Waals surface area contributed by atoms with E-state index in [-0.39, 0.29) is 5.78 Å². The molecule has 2 rings (SSSR count). The number of methoxy groups -OCH3 is 2. The van der Waals surface area contributed by atoms with Crippen LogP contribution >= 0.6 is 11.8 Å². The Bertz CT molecular complexity index is 625. The minimum Gasteiger partial charge on any atom is -0.497 e.